The van der Waals surface area contributed by atoms with Crippen LogP contribution >= 0.6 is 0 Å². The third-order valence-electron chi connectivity index (χ3n) is 4.29. The molecule has 0 aromatic carbocycles. The minimum atomic E-state index is -0.775. The van der Waals surface area contributed by atoms with Crippen molar-refractivity contribution < 1.29 is 14.7 Å². The van der Waals surface area contributed by atoms with Crippen LogP contribution < -0.4 is 0 Å². The first-order valence-corrected chi connectivity index (χ1v) is 7.38. The molecule has 0 aromatic rings. The Balaban J connectivity index is 1.87. The molecule has 0 spiro atoms. The van der Waals surface area contributed by atoms with E-state index >= 15 is 0 Å². The summed E-state index contributed by atoms with van der Waals surface area (Å²) in [6.07, 6.45) is 4.93. The first kappa shape index (κ1) is 14.2. The minimum absolute atomic E-state index is 0.0459. The van der Waals surface area contributed by atoms with Gasteiger partial charge in [0.1, 0.15) is 0 Å². The van der Waals surface area contributed by atoms with E-state index in [2.05, 4.69) is 6.92 Å². The van der Waals surface area contributed by atoms with Crippen molar-refractivity contribution in [3.63, 3.8) is 0 Å². The van der Waals surface area contributed by atoms with E-state index in [0.29, 0.717) is 25.4 Å². The summed E-state index contributed by atoms with van der Waals surface area (Å²) < 4.78 is 0. The van der Waals surface area contributed by atoms with Crippen LogP contribution in [-0.2, 0) is 4.79 Å². The highest BCUT2D eigenvalue weighted by molar-refractivity contribution is 5.77. The monoisotopic (exact) mass is 268 g/mol. The Bertz CT molecular complexity index is 346. The van der Waals surface area contributed by atoms with Crippen molar-refractivity contribution >= 4 is 12.0 Å². The summed E-state index contributed by atoms with van der Waals surface area (Å²) in [6, 6.07) is 0.0459. The first-order valence-electron chi connectivity index (χ1n) is 7.38. The van der Waals surface area contributed by atoms with Crippen LogP contribution in [0, 0.1) is 11.8 Å². The van der Waals surface area contributed by atoms with Gasteiger partial charge >= 0.3 is 12.0 Å². The van der Waals surface area contributed by atoms with Crippen molar-refractivity contribution in [1.29, 1.82) is 0 Å². The SMILES string of the molecule is CCCC1CCN(C(=O)N2CCC[C@H](C(=O)O)C2)C1. The summed E-state index contributed by atoms with van der Waals surface area (Å²) in [7, 11) is 0. The van der Waals surface area contributed by atoms with Gasteiger partial charge in [-0.25, -0.2) is 4.79 Å². The van der Waals surface area contributed by atoms with E-state index in [-0.39, 0.29) is 11.9 Å². The highest BCUT2D eigenvalue weighted by atomic mass is 16.4. The molecule has 0 radical (unpaired) electrons. The number of urea groups is 1. The molecular weight excluding hydrogens is 244 g/mol. The summed E-state index contributed by atoms with van der Waals surface area (Å²) in [4.78, 5) is 27.0. The maximum Gasteiger partial charge on any atom is 0.320 e. The lowest BCUT2D eigenvalue weighted by Crippen LogP contribution is -2.48. The van der Waals surface area contributed by atoms with E-state index in [1.807, 2.05) is 4.90 Å². The Kier molecular flexibility index (Phi) is 4.66. The molecule has 2 heterocycles. The molecule has 0 bridgehead atoms. The number of hydrogen-bond donors (Lipinski definition) is 1. The number of hydrogen-bond acceptors (Lipinski definition) is 2. The van der Waals surface area contributed by atoms with Gasteiger partial charge in [-0.1, -0.05) is 13.3 Å². The number of nitrogens with zero attached hydrogens (tertiary/aromatic N) is 2. The molecule has 0 aromatic heterocycles. The van der Waals surface area contributed by atoms with Crippen LogP contribution in [-0.4, -0.2) is 53.1 Å². The topological polar surface area (TPSA) is 60.9 Å². The van der Waals surface area contributed by atoms with Crippen molar-refractivity contribution in [3.8, 4) is 0 Å². The van der Waals surface area contributed by atoms with Crippen LogP contribution in [0.15, 0.2) is 0 Å². The van der Waals surface area contributed by atoms with Crippen LogP contribution in [0.2, 0.25) is 0 Å². The molecule has 2 rings (SSSR count). The summed E-state index contributed by atoms with van der Waals surface area (Å²) >= 11 is 0. The van der Waals surface area contributed by atoms with Gasteiger partial charge in [0, 0.05) is 26.2 Å². The lowest BCUT2D eigenvalue weighted by atomic mass is 9.99. The number of carboxylic acids is 1. The molecule has 1 unspecified atom stereocenters. The highest BCUT2D eigenvalue weighted by Crippen LogP contribution is 2.24. The molecule has 2 fully saturated rings. The number of carbonyl (C=O) groups is 2. The lowest BCUT2D eigenvalue weighted by Gasteiger charge is -2.33. The van der Waals surface area contributed by atoms with Crippen LogP contribution in [0.3, 0.4) is 0 Å². The quantitative estimate of drug-likeness (QED) is 0.852. The summed E-state index contributed by atoms with van der Waals surface area (Å²) in [5, 5.41) is 9.06. The molecule has 2 aliphatic heterocycles. The van der Waals surface area contributed by atoms with Crippen molar-refractivity contribution in [2.75, 3.05) is 26.2 Å². The number of rotatable bonds is 3. The Morgan fingerprint density at radius 1 is 1.16 bits per heavy atom. The predicted molar refractivity (Wildman–Crippen MR) is 71.9 cm³/mol. The average molecular weight is 268 g/mol. The van der Waals surface area contributed by atoms with Crippen molar-refractivity contribution in [2.24, 2.45) is 11.8 Å². The van der Waals surface area contributed by atoms with Crippen LogP contribution in [0.4, 0.5) is 4.79 Å². The minimum Gasteiger partial charge on any atom is -0.481 e. The molecule has 1 N–H and O–H groups in total. The largest absolute Gasteiger partial charge is 0.481 e. The van der Waals surface area contributed by atoms with E-state index in [1.54, 1.807) is 4.90 Å². The molecule has 108 valence electrons. The maximum absolute atomic E-state index is 12.4. The first-order chi connectivity index (χ1) is 9.11. The predicted octanol–water partition coefficient (Wildman–Crippen LogP) is 2.03. The van der Waals surface area contributed by atoms with Crippen molar-refractivity contribution in [3.05, 3.63) is 0 Å². The van der Waals surface area contributed by atoms with Gasteiger partial charge < -0.3 is 14.9 Å². The maximum atomic E-state index is 12.4. The van der Waals surface area contributed by atoms with Crippen LogP contribution in [0.25, 0.3) is 0 Å². The second kappa shape index (κ2) is 6.26. The fourth-order valence-corrected chi connectivity index (χ4v) is 3.20. The summed E-state index contributed by atoms with van der Waals surface area (Å²) in [5.41, 5.74) is 0. The molecule has 5 nitrogen and oxygen atoms in total. The van der Waals surface area contributed by atoms with Gasteiger partial charge in [-0.3, -0.25) is 4.79 Å². The number of piperidine rings is 1. The Morgan fingerprint density at radius 2 is 1.89 bits per heavy atom. The molecule has 5 heteroatoms. The van der Waals surface area contributed by atoms with Gasteiger partial charge in [-0.15, -0.1) is 0 Å². The van der Waals surface area contributed by atoms with Crippen molar-refractivity contribution in [2.45, 2.75) is 39.0 Å². The molecule has 0 saturated carbocycles. The highest BCUT2D eigenvalue weighted by Gasteiger charge is 2.33. The Morgan fingerprint density at radius 3 is 2.58 bits per heavy atom. The van der Waals surface area contributed by atoms with Gasteiger partial charge in [0.2, 0.25) is 0 Å². The van der Waals surface area contributed by atoms with Gasteiger partial charge in [0.05, 0.1) is 5.92 Å². The summed E-state index contributed by atoms with van der Waals surface area (Å²) in [6.45, 7) is 4.94. The number of carbonyl (C=O) groups excluding carboxylic acids is 1. The molecule has 19 heavy (non-hydrogen) atoms. The fraction of sp³-hybridized carbons (Fsp3) is 0.857. The van der Waals surface area contributed by atoms with E-state index < -0.39 is 5.97 Å². The molecule has 2 atom stereocenters. The van der Waals surface area contributed by atoms with E-state index in [4.69, 9.17) is 5.11 Å². The van der Waals surface area contributed by atoms with Crippen LogP contribution in [0.1, 0.15) is 39.0 Å². The third kappa shape index (κ3) is 3.39. The molecule has 0 aliphatic carbocycles. The smallest absolute Gasteiger partial charge is 0.320 e. The Hall–Kier alpha value is -1.26. The average Bonchev–Trinajstić information content (AvgIpc) is 2.87. The fourth-order valence-electron chi connectivity index (χ4n) is 3.20. The normalized spacial score (nSPS) is 27.6. The zero-order valence-electron chi connectivity index (χ0n) is 11.7. The second-order valence-corrected chi connectivity index (χ2v) is 5.80. The van der Waals surface area contributed by atoms with Gasteiger partial charge in [-0.2, -0.15) is 0 Å². The number of carboxylic acid groups (broad SMARTS) is 1. The zero-order valence-corrected chi connectivity index (χ0v) is 11.7. The number of amides is 2. The summed E-state index contributed by atoms with van der Waals surface area (Å²) in [5.74, 6) is -0.525. The number of aliphatic carboxylic acids is 1. The third-order valence-corrected chi connectivity index (χ3v) is 4.29. The van der Waals surface area contributed by atoms with Crippen molar-refractivity contribution in [1.82, 2.24) is 9.80 Å². The van der Waals surface area contributed by atoms with Gasteiger partial charge in [0.15, 0.2) is 0 Å². The van der Waals surface area contributed by atoms with E-state index in [1.165, 1.54) is 6.42 Å². The number of likely N-dealkylation sites (tertiary alicyclic amines) is 2. The van der Waals surface area contributed by atoms with E-state index in [0.717, 1.165) is 32.4 Å². The van der Waals surface area contributed by atoms with Gasteiger partial charge in [0.25, 0.3) is 0 Å². The molecule has 2 aliphatic rings. The van der Waals surface area contributed by atoms with E-state index in [9.17, 15) is 9.59 Å². The zero-order chi connectivity index (χ0) is 13.8. The standard InChI is InChI=1S/C14H24N2O3/c1-2-4-11-6-8-16(9-11)14(19)15-7-3-5-12(10-15)13(17)18/h11-12H,2-10H2,1H3,(H,17,18)/t11?,12-/m0/s1. The Labute approximate surface area is 114 Å². The molecular formula is C14H24N2O3. The lowest BCUT2D eigenvalue weighted by molar-refractivity contribution is -0.143. The second-order valence-electron chi connectivity index (χ2n) is 5.80. The van der Waals surface area contributed by atoms with Crippen LogP contribution in [0.5, 0.6) is 0 Å². The van der Waals surface area contributed by atoms with Gasteiger partial charge in [-0.05, 0) is 31.6 Å². The molecule has 2 saturated heterocycles. The molecule has 2 amide bonds.